The molecule has 0 atom stereocenters. The summed E-state index contributed by atoms with van der Waals surface area (Å²) in [6.45, 7) is 2.36. The summed E-state index contributed by atoms with van der Waals surface area (Å²) in [6, 6.07) is -0.129. The number of hydrogen-bond donors (Lipinski definition) is 1. The molecular formula is C13H18F3N3O. The Morgan fingerprint density at radius 1 is 1.40 bits per heavy atom. The van der Waals surface area contributed by atoms with Crippen molar-refractivity contribution in [3.63, 3.8) is 0 Å². The minimum absolute atomic E-state index is 0.0614. The molecule has 1 aromatic heterocycles. The highest BCUT2D eigenvalue weighted by Crippen LogP contribution is 2.35. The van der Waals surface area contributed by atoms with Gasteiger partial charge in [0.05, 0.1) is 24.2 Å². The Balaban J connectivity index is 2.32. The second-order valence-electron chi connectivity index (χ2n) is 5.35. The van der Waals surface area contributed by atoms with Gasteiger partial charge in [0.25, 0.3) is 0 Å². The average Bonchev–Trinajstić information content (AvgIpc) is 3.18. The third kappa shape index (κ3) is 3.59. The molecule has 112 valence electrons. The van der Waals surface area contributed by atoms with Crippen LogP contribution in [0.1, 0.15) is 44.1 Å². The minimum Gasteiger partial charge on any atom is -0.390 e. The summed E-state index contributed by atoms with van der Waals surface area (Å²) in [5, 5.41) is 9.38. The first kappa shape index (κ1) is 15.0. The zero-order valence-corrected chi connectivity index (χ0v) is 11.5. The molecular weight excluding hydrogens is 271 g/mol. The average molecular weight is 289 g/mol. The number of alkyl halides is 3. The molecule has 1 saturated carbocycles. The van der Waals surface area contributed by atoms with Gasteiger partial charge in [0, 0.05) is 12.0 Å². The SMILES string of the molecule is CC(C)c1ncc(N(CC(F)(F)F)C2CC2)c(CO)n1. The maximum absolute atomic E-state index is 12.7. The zero-order valence-electron chi connectivity index (χ0n) is 11.5. The van der Waals surface area contributed by atoms with E-state index in [4.69, 9.17) is 0 Å². The molecule has 0 aliphatic heterocycles. The predicted molar refractivity (Wildman–Crippen MR) is 68.5 cm³/mol. The van der Waals surface area contributed by atoms with Gasteiger partial charge in [-0.2, -0.15) is 13.2 Å². The lowest BCUT2D eigenvalue weighted by atomic mass is 10.2. The predicted octanol–water partition coefficient (Wildman–Crippen LogP) is 2.62. The van der Waals surface area contributed by atoms with Gasteiger partial charge in [0.1, 0.15) is 12.4 Å². The van der Waals surface area contributed by atoms with E-state index >= 15 is 0 Å². The summed E-state index contributed by atoms with van der Waals surface area (Å²) in [4.78, 5) is 9.56. The Morgan fingerprint density at radius 3 is 2.50 bits per heavy atom. The van der Waals surface area contributed by atoms with E-state index < -0.39 is 19.3 Å². The summed E-state index contributed by atoms with van der Waals surface area (Å²) >= 11 is 0. The van der Waals surface area contributed by atoms with E-state index in [1.54, 1.807) is 0 Å². The molecule has 2 rings (SSSR count). The largest absolute Gasteiger partial charge is 0.405 e. The molecule has 20 heavy (non-hydrogen) atoms. The molecule has 0 bridgehead atoms. The lowest BCUT2D eigenvalue weighted by molar-refractivity contribution is -0.120. The topological polar surface area (TPSA) is 49.2 Å². The third-order valence-electron chi connectivity index (χ3n) is 3.18. The molecule has 1 aliphatic rings. The highest BCUT2D eigenvalue weighted by molar-refractivity contribution is 5.51. The molecule has 7 heteroatoms. The minimum atomic E-state index is -4.29. The van der Waals surface area contributed by atoms with Crippen molar-refractivity contribution in [3.8, 4) is 0 Å². The monoisotopic (exact) mass is 289 g/mol. The van der Waals surface area contributed by atoms with Crippen LogP contribution in [0.15, 0.2) is 6.20 Å². The van der Waals surface area contributed by atoms with Crippen LogP contribution in [-0.2, 0) is 6.61 Å². The number of aromatic nitrogens is 2. The highest BCUT2D eigenvalue weighted by Gasteiger charge is 2.39. The van der Waals surface area contributed by atoms with Gasteiger partial charge < -0.3 is 10.0 Å². The molecule has 1 heterocycles. The van der Waals surface area contributed by atoms with E-state index in [9.17, 15) is 18.3 Å². The number of aliphatic hydroxyl groups excluding tert-OH is 1. The second-order valence-corrected chi connectivity index (χ2v) is 5.35. The lowest BCUT2D eigenvalue weighted by Gasteiger charge is -2.27. The molecule has 1 N–H and O–H groups in total. The molecule has 1 aliphatic carbocycles. The summed E-state index contributed by atoms with van der Waals surface area (Å²) in [7, 11) is 0. The summed E-state index contributed by atoms with van der Waals surface area (Å²) in [5.74, 6) is 0.590. The van der Waals surface area contributed by atoms with Crippen LogP contribution in [0.5, 0.6) is 0 Å². The van der Waals surface area contributed by atoms with Crippen LogP contribution in [-0.4, -0.2) is 33.8 Å². The van der Waals surface area contributed by atoms with E-state index in [0.717, 1.165) is 12.8 Å². The van der Waals surface area contributed by atoms with Crippen molar-refractivity contribution in [2.75, 3.05) is 11.4 Å². The number of anilines is 1. The molecule has 1 aromatic rings. The van der Waals surface area contributed by atoms with Crippen LogP contribution in [0.25, 0.3) is 0 Å². The standard InChI is InChI=1S/C13H18F3N3O/c1-8(2)12-17-5-11(10(6-20)18-12)19(9-3-4-9)7-13(14,15)16/h5,8-9,20H,3-4,6-7H2,1-2H3. The first-order valence-corrected chi connectivity index (χ1v) is 6.62. The van der Waals surface area contributed by atoms with E-state index in [1.807, 2.05) is 13.8 Å². The van der Waals surface area contributed by atoms with Crippen molar-refractivity contribution in [2.24, 2.45) is 0 Å². The summed E-state index contributed by atoms with van der Waals surface area (Å²) in [6.07, 6.45) is -1.43. The zero-order chi connectivity index (χ0) is 14.9. The van der Waals surface area contributed by atoms with Gasteiger partial charge in [0.15, 0.2) is 0 Å². The number of aliphatic hydroxyl groups is 1. The van der Waals surface area contributed by atoms with Gasteiger partial charge in [0.2, 0.25) is 0 Å². The molecule has 1 fully saturated rings. The van der Waals surface area contributed by atoms with Gasteiger partial charge >= 0.3 is 6.18 Å². The Hall–Kier alpha value is -1.37. The smallest absolute Gasteiger partial charge is 0.390 e. The lowest BCUT2D eigenvalue weighted by Crippen LogP contribution is -2.37. The maximum Gasteiger partial charge on any atom is 0.405 e. The van der Waals surface area contributed by atoms with Crippen molar-refractivity contribution >= 4 is 5.69 Å². The quantitative estimate of drug-likeness (QED) is 0.905. The summed E-state index contributed by atoms with van der Waals surface area (Å²) in [5.41, 5.74) is 0.552. The van der Waals surface area contributed by atoms with Crippen molar-refractivity contribution in [1.82, 2.24) is 9.97 Å². The first-order chi connectivity index (χ1) is 9.31. The van der Waals surface area contributed by atoms with Crippen LogP contribution in [0, 0.1) is 0 Å². The third-order valence-corrected chi connectivity index (χ3v) is 3.18. The number of hydrogen-bond acceptors (Lipinski definition) is 4. The molecule has 0 aromatic carbocycles. The van der Waals surface area contributed by atoms with Gasteiger partial charge in [-0.3, -0.25) is 0 Å². The Labute approximate surface area is 115 Å². The van der Waals surface area contributed by atoms with Crippen molar-refractivity contribution in [3.05, 3.63) is 17.7 Å². The van der Waals surface area contributed by atoms with Gasteiger partial charge in [-0.15, -0.1) is 0 Å². The Bertz CT molecular complexity index is 472. The fourth-order valence-corrected chi connectivity index (χ4v) is 2.05. The van der Waals surface area contributed by atoms with Crippen LogP contribution in [0.3, 0.4) is 0 Å². The molecule has 0 saturated heterocycles. The van der Waals surface area contributed by atoms with E-state index in [-0.39, 0.29) is 23.3 Å². The number of halogens is 3. The first-order valence-electron chi connectivity index (χ1n) is 6.62. The Morgan fingerprint density at radius 2 is 2.05 bits per heavy atom. The van der Waals surface area contributed by atoms with Gasteiger partial charge in [-0.25, -0.2) is 9.97 Å². The maximum atomic E-state index is 12.7. The van der Waals surface area contributed by atoms with Crippen LogP contribution < -0.4 is 4.90 Å². The summed E-state index contributed by atoms with van der Waals surface area (Å²) < 4.78 is 38.0. The van der Waals surface area contributed by atoms with Crippen molar-refractivity contribution in [2.45, 2.75) is 51.4 Å². The van der Waals surface area contributed by atoms with Crippen molar-refractivity contribution in [1.29, 1.82) is 0 Å². The van der Waals surface area contributed by atoms with Crippen LogP contribution in [0.4, 0.5) is 18.9 Å². The molecule has 0 radical (unpaired) electrons. The fourth-order valence-electron chi connectivity index (χ4n) is 2.05. The van der Waals surface area contributed by atoms with Crippen LogP contribution >= 0.6 is 0 Å². The second kappa shape index (κ2) is 5.55. The normalized spacial score (nSPS) is 15.8. The Kier molecular flexibility index (Phi) is 4.17. The van der Waals surface area contributed by atoms with Crippen molar-refractivity contribution < 1.29 is 18.3 Å². The van der Waals surface area contributed by atoms with E-state index in [2.05, 4.69) is 9.97 Å². The number of nitrogens with zero attached hydrogens (tertiary/aromatic N) is 3. The fraction of sp³-hybridized carbons (Fsp3) is 0.692. The molecule has 4 nitrogen and oxygen atoms in total. The van der Waals surface area contributed by atoms with Gasteiger partial charge in [-0.05, 0) is 12.8 Å². The molecule has 0 spiro atoms. The van der Waals surface area contributed by atoms with Gasteiger partial charge in [-0.1, -0.05) is 13.8 Å². The molecule has 0 amide bonds. The van der Waals surface area contributed by atoms with Crippen LogP contribution in [0.2, 0.25) is 0 Å². The van der Waals surface area contributed by atoms with E-state index in [0.29, 0.717) is 5.82 Å². The molecule has 0 unspecified atom stereocenters. The highest BCUT2D eigenvalue weighted by atomic mass is 19.4. The number of rotatable bonds is 5. The van der Waals surface area contributed by atoms with E-state index in [1.165, 1.54) is 11.1 Å².